The molecule has 1 aromatic rings. The third kappa shape index (κ3) is 4.08. The molecule has 1 unspecified atom stereocenters. The van der Waals surface area contributed by atoms with E-state index in [1.54, 1.807) is 0 Å². The van der Waals surface area contributed by atoms with Gasteiger partial charge in [0.1, 0.15) is 5.82 Å². The van der Waals surface area contributed by atoms with E-state index in [2.05, 4.69) is 50.8 Å². The highest BCUT2D eigenvalue weighted by Crippen LogP contribution is 2.15. The molecule has 4 nitrogen and oxygen atoms in total. The quantitative estimate of drug-likeness (QED) is 0.844. The number of ether oxygens (including phenoxy) is 1. The summed E-state index contributed by atoms with van der Waals surface area (Å²) in [6.45, 7) is 7.01. The number of hydrogen-bond donors (Lipinski definition) is 1. The Labute approximate surface area is 116 Å². The molecule has 0 spiro atoms. The molecule has 0 amide bonds. The van der Waals surface area contributed by atoms with Crippen LogP contribution in [0.3, 0.4) is 0 Å². The smallest absolute Gasteiger partial charge is 0.139 e. The van der Waals surface area contributed by atoms with Crippen LogP contribution in [0.5, 0.6) is 0 Å². The van der Waals surface area contributed by atoms with Gasteiger partial charge in [0, 0.05) is 31.9 Å². The summed E-state index contributed by atoms with van der Waals surface area (Å²) in [5.41, 5.74) is 0. The average Bonchev–Trinajstić information content (AvgIpc) is 2.33. The van der Waals surface area contributed by atoms with Gasteiger partial charge in [0.05, 0.1) is 16.8 Å². The van der Waals surface area contributed by atoms with E-state index in [0.29, 0.717) is 6.04 Å². The Balaban J connectivity index is 1.84. The molecule has 1 saturated heterocycles. The number of halogens is 1. The lowest BCUT2D eigenvalue weighted by molar-refractivity contribution is 0.0368. The minimum atomic E-state index is 0.400. The number of morpholine rings is 1. The standard InChI is InChI=1S/C12H18IN3O/c1-10(9-16-5-7-17-8-6-16)15-12-11(13)3-2-4-14-12/h2-4,10H,5-9H2,1H3,(H,14,15). The van der Waals surface area contributed by atoms with Gasteiger partial charge < -0.3 is 10.1 Å². The van der Waals surface area contributed by atoms with Crippen LogP contribution in [-0.4, -0.2) is 48.8 Å². The fourth-order valence-corrected chi connectivity index (χ4v) is 2.44. The molecule has 0 radical (unpaired) electrons. The van der Waals surface area contributed by atoms with Crippen molar-refractivity contribution < 1.29 is 4.74 Å². The number of nitrogens with one attached hydrogen (secondary N) is 1. The van der Waals surface area contributed by atoms with Gasteiger partial charge in [0.25, 0.3) is 0 Å². The van der Waals surface area contributed by atoms with Gasteiger partial charge in [-0.05, 0) is 41.6 Å². The number of aromatic nitrogens is 1. The van der Waals surface area contributed by atoms with Crippen molar-refractivity contribution in [3.05, 3.63) is 21.9 Å². The van der Waals surface area contributed by atoms with Crippen LogP contribution >= 0.6 is 22.6 Å². The van der Waals surface area contributed by atoms with Crippen LogP contribution < -0.4 is 5.32 Å². The van der Waals surface area contributed by atoms with Crippen molar-refractivity contribution in [3.63, 3.8) is 0 Å². The number of pyridine rings is 1. The summed E-state index contributed by atoms with van der Waals surface area (Å²) in [5, 5.41) is 3.46. The minimum Gasteiger partial charge on any atom is -0.379 e. The fourth-order valence-electron chi connectivity index (χ4n) is 1.94. The predicted molar refractivity (Wildman–Crippen MR) is 77.3 cm³/mol. The Morgan fingerprint density at radius 3 is 3.00 bits per heavy atom. The number of anilines is 1. The summed E-state index contributed by atoms with van der Waals surface area (Å²) in [4.78, 5) is 6.78. The molecule has 1 atom stereocenters. The Bertz CT molecular complexity index is 355. The van der Waals surface area contributed by atoms with Crippen LogP contribution in [0.2, 0.25) is 0 Å². The molecule has 2 heterocycles. The highest BCUT2D eigenvalue weighted by Gasteiger charge is 2.14. The Morgan fingerprint density at radius 1 is 1.53 bits per heavy atom. The molecule has 2 rings (SSSR count). The molecule has 94 valence electrons. The lowest BCUT2D eigenvalue weighted by atomic mass is 10.3. The van der Waals surface area contributed by atoms with Crippen LogP contribution in [0.25, 0.3) is 0 Å². The maximum atomic E-state index is 5.34. The van der Waals surface area contributed by atoms with Crippen LogP contribution in [0.4, 0.5) is 5.82 Å². The predicted octanol–water partition coefficient (Wildman–Crippen LogP) is 1.82. The van der Waals surface area contributed by atoms with Crippen LogP contribution in [0, 0.1) is 3.57 Å². The van der Waals surface area contributed by atoms with Gasteiger partial charge in [-0.3, -0.25) is 4.90 Å². The van der Waals surface area contributed by atoms with Crippen molar-refractivity contribution in [1.82, 2.24) is 9.88 Å². The molecule has 0 saturated carbocycles. The van der Waals surface area contributed by atoms with Crippen LogP contribution in [0.1, 0.15) is 6.92 Å². The molecule has 1 fully saturated rings. The third-order valence-corrected chi connectivity index (χ3v) is 3.65. The van der Waals surface area contributed by atoms with Crippen molar-refractivity contribution in [2.24, 2.45) is 0 Å². The Hall–Kier alpha value is -0.400. The van der Waals surface area contributed by atoms with E-state index in [0.717, 1.165) is 38.7 Å². The molecule has 17 heavy (non-hydrogen) atoms. The Kier molecular flexibility index (Phi) is 4.99. The zero-order valence-electron chi connectivity index (χ0n) is 10.0. The van der Waals surface area contributed by atoms with Crippen molar-refractivity contribution in [2.45, 2.75) is 13.0 Å². The summed E-state index contributed by atoms with van der Waals surface area (Å²) < 4.78 is 6.51. The first-order valence-corrected chi connectivity index (χ1v) is 7.01. The number of nitrogens with zero attached hydrogens (tertiary/aromatic N) is 2. The highest BCUT2D eigenvalue weighted by atomic mass is 127. The van der Waals surface area contributed by atoms with Gasteiger partial charge in [0.15, 0.2) is 0 Å². The zero-order chi connectivity index (χ0) is 12.1. The summed E-state index contributed by atoms with van der Waals surface area (Å²) in [7, 11) is 0. The van der Waals surface area contributed by atoms with Gasteiger partial charge in [-0.15, -0.1) is 0 Å². The van der Waals surface area contributed by atoms with Crippen molar-refractivity contribution in [1.29, 1.82) is 0 Å². The average molecular weight is 347 g/mol. The largest absolute Gasteiger partial charge is 0.379 e. The summed E-state index contributed by atoms with van der Waals surface area (Å²) >= 11 is 2.31. The first-order valence-electron chi connectivity index (χ1n) is 5.93. The van der Waals surface area contributed by atoms with E-state index in [1.165, 1.54) is 3.57 Å². The van der Waals surface area contributed by atoms with Crippen molar-refractivity contribution in [2.75, 3.05) is 38.2 Å². The number of rotatable bonds is 4. The Morgan fingerprint density at radius 2 is 2.29 bits per heavy atom. The molecule has 1 aliphatic rings. The summed E-state index contributed by atoms with van der Waals surface area (Å²) in [6.07, 6.45) is 1.83. The minimum absolute atomic E-state index is 0.400. The molecule has 0 aliphatic carbocycles. The number of hydrogen-bond acceptors (Lipinski definition) is 4. The van der Waals surface area contributed by atoms with E-state index in [9.17, 15) is 0 Å². The van der Waals surface area contributed by atoms with E-state index in [1.807, 2.05) is 12.3 Å². The molecular weight excluding hydrogens is 329 g/mol. The van der Waals surface area contributed by atoms with Gasteiger partial charge in [-0.1, -0.05) is 0 Å². The highest BCUT2D eigenvalue weighted by molar-refractivity contribution is 14.1. The second kappa shape index (κ2) is 6.51. The molecule has 5 heteroatoms. The zero-order valence-corrected chi connectivity index (χ0v) is 12.2. The molecule has 1 aromatic heterocycles. The second-order valence-corrected chi connectivity index (χ2v) is 5.45. The second-order valence-electron chi connectivity index (χ2n) is 4.29. The van der Waals surface area contributed by atoms with Crippen molar-refractivity contribution in [3.8, 4) is 0 Å². The lowest BCUT2D eigenvalue weighted by Gasteiger charge is -2.29. The van der Waals surface area contributed by atoms with Gasteiger partial charge >= 0.3 is 0 Å². The van der Waals surface area contributed by atoms with E-state index in [-0.39, 0.29) is 0 Å². The normalized spacial score (nSPS) is 18.9. The monoisotopic (exact) mass is 347 g/mol. The molecule has 1 aliphatic heterocycles. The molecule has 1 N–H and O–H groups in total. The van der Waals surface area contributed by atoms with Crippen LogP contribution in [0.15, 0.2) is 18.3 Å². The molecule has 0 bridgehead atoms. The molecular formula is C12H18IN3O. The molecule has 0 aromatic carbocycles. The van der Waals surface area contributed by atoms with E-state index >= 15 is 0 Å². The summed E-state index contributed by atoms with van der Waals surface area (Å²) in [5.74, 6) is 0.980. The first kappa shape index (κ1) is 13.0. The van der Waals surface area contributed by atoms with Gasteiger partial charge in [-0.2, -0.15) is 0 Å². The van der Waals surface area contributed by atoms with Gasteiger partial charge in [-0.25, -0.2) is 4.98 Å². The maximum Gasteiger partial charge on any atom is 0.139 e. The summed E-state index contributed by atoms with van der Waals surface area (Å²) in [6, 6.07) is 4.42. The third-order valence-electron chi connectivity index (χ3n) is 2.78. The topological polar surface area (TPSA) is 37.4 Å². The van der Waals surface area contributed by atoms with Crippen LogP contribution in [-0.2, 0) is 4.74 Å². The van der Waals surface area contributed by atoms with Gasteiger partial charge in [0.2, 0.25) is 0 Å². The fraction of sp³-hybridized carbons (Fsp3) is 0.583. The first-order chi connectivity index (χ1) is 8.25. The maximum absolute atomic E-state index is 5.34. The van der Waals surface area contributed by atoms with E-state index < -0.39 is 0 Å². The van der Waals surface area contributed by atoms with E-state index in [4.69, 9.17) is 4.74 Å². The SMILES string of the molecule is CC(CN1CCOCC1)Nc1ncccc1I. The lowest BCUT2D eigenvalue weighted by Crippen LogP contribution is -2.42. The van der Waals surface area contributed by atoms with Crippen molar-refractivity contribution >= 4 is 28.4 Å².